The summed E-state index contributed by atoms with van der Waals surface area (Å²) in [6.07, 6.45) is 2.58. The van der Waals surface area contributed by atoms with Crippen LogP contribution in [0.2, 0.25) is 5.02 Å². The minimum atomic E-state index is -0.0279. The van der Waals surface area contributed by atoms with Crippen molar-refractivity contribution in [2.45, 2.75) is 12.8 Å². The molecule has 0 aromatic heterocycles. The monoisotopic (exact) mass is 267 g/mol. The van der Waals surface area contributed by atoms with Gasteiger partial charge in [-0.1, -0.05) is 11.6 Å². The third-order valence-electron chi connectivity index (χ3n) is 2.96. The van der Waals surface area contributed by atoms with Crippen LogP contribution in [0.3, 0.4) is 0 Å². The van der Waals surface area contributed by atoms with E-state index in [2.05, 4.69) is 5.32 Å². The largest absolute Gasteiger partial charge is 0.397 e. The number of likely N-dealkylation sites (N-methyl/N-ethyl adjacent to an activating group) is 1. The van der Waals surface area contributed by atoms with Crippen LogP contribution in [0.5, 0.6) is 0 Å². The highest BCUT2D eigenvalue weighted by Crippen LogP contribution is 2.29. The zero-order chi connectivity index (χ0) is 13.1. The molecule has 5 heteroatoms. The van der Waals surface area contributed by atoms with Gasteiger partial charge in [-0.05, 0) is 44.0 Å². The number of hydrogen-bond donors (Lipinski definition) is 2. The molecule has 1 aliphatic rings. The Morgan fingerprint density at radius 2 is 2.28 bits per heavy atom. The topological polar surface area (TPSA) is 58.4 Å². The Kier molecular flexibility index (Phi) is 4.09. The van der Waals surface area contributed by atoms with Crippen molar-refractivity contribution in [2.24, 2.45) is 5.92 Å². The molecule has 18 heavy (non-hydrogen) atoms. The number of carbonyl (C=O) groups is 1. The summed E-state index contributed by atoms with van der Waals surface area (Å²) in [5.41, 5.74) is 6.83. The van der Waals surface area contributed by atoms with Crippen LogP contribution in [0.4, 0.5) is 11.4 Å². The minimum absolute atomic E-state index is 0.0279. The van der Waals surface area contributed by atoms with Crippen molar-refractivity contribution in [1.29, 1.82) is 0 Å². The summed E-state index contributed by atoms with van der Waals surface area (Å²) in [6, 6.07) is 5.10. The van der Waals surface area contributed by atoms with Crippen LogP contribution >= 0.6 is 11.6 Å². The molecule has 0 aliphatic heterocycles. The van der Waals surface area contributed by atoms with E-state index < -0.39 is 0 Å². The predicted octanol–water partition coefficient (Wildman–Crippen LogP) is 2.20. The fourth-order valence-electron chi connectivity index (χ4n) is 1.87. The number of nitrogens with zero attached hydrogens (tertiary/aromatic N) is 1. The molecule has 0 heterocycles. The van der Waals surface area contributed by atoms with Crippen LogP contribution in [-0.2, 0) is 4.79 Å². The number of rotatable bonds is 5. The van der Waals surface area contributed by atoms with Crippen molar-refractivity contribution in [2.75, 3.05) is 31.2 Å². The molecule has 1 aromatic rings. The highest BCUT2D eigenvalue weighted by atomic mass is 35.5. The standard InChI is InChI=1S/C13H18ClN3O/c1-17(7-9-2-3-9)8-13(18)16-10-4-5-11(14)12(15)6-10/h4-6,9H,2-3,7-8,15H2,1H3,(H,16,18). The number of anilines is 2. The summed E-state index contributed by atoms with van der Waals surface area (Å²) >= 11 is 5.82. The van der Waals surface area contributed by atoms with Gasteiger partial charge in [-0.2, -0.15) is 0 Å². The van der Waals surface area contributed by atoms with E-state index in [0.29, 0.717) is 22.9 Å². The van der Waals surface area contributed by atoms with Crippen molar-refractivity contribution >= 4 is 28.9 Å². The van der Waals surface area contributed by atoms with Gasteiger partial charge in [0.15, 0.2) is 0 Å². The van der Waals surface area contributed by atoms with Crippen molar-refractivity contribution < 1.29 is 4.79 Å². The molecule has 0 spiro atoms. The van der Waals surface area contributed by atoms with Crippen LogP contribution in [0.25, 0.3) is 0 Å². The lowest BCUT2D eigenvalue weighted by Crippen LogP contribution is -2.31. The second kappa shape index (κ2) is 5.59. The van der Waals surface area contributed by atoms with Gasteiger partial charge in [0.25, 0.3) is 0 Å². The summed E-state index contributed by atoms with van der Waals surface area (Å²) in [7, 11) is 1.97. The lowest BCUT2D eigenvalue weighted by Gasteiger charge is -2.15. The van der Waals surface area contributed by atoms with Crippen LogP contribution in [0, 0.1) is 5.92 Å². The lowest BCUT2D eigenvalue weighted by atomic mass is 10.3. The second-order valence-electron chi connectivity index (χ2n) is 4.92. The molecule has 1 amide bonds. The molecule has 0 unspecified atom stereocenters. The van der Waals surface area contributed by atoms with Gasteiger partial charge in [0.2, 0.25) is 5.91 Å². The number of benzene rings is 1. The molecule has 0 bridgehead atoms. The van der Waals surface area contributed by atoms with Crippen molar-refractivity contribution in [3.8, 4) is 0 Å². The van der Waals surface area contributed by atoms with Gasteiger partial charge in [-0.15, -0.1) is 0 Å². The number of carbonyl (C=O) groups excluding carboxylic acids is 1. The third-order valence-corrected chi connectivity index (χ3v) is 3.30. The van der Waals surface area contributed by atoms with Gasteiger partial charge < -0.3 is 11.1 Å². The maximum absolute atomic E-state index is 11.8. The van der Waals surface area contributed by atoms with Crippen molar-refractivity contribution in [3.63, 3.8) is 0 Å². The molecule has 1 aliphatic carbocycles. The maximum Gasteiger partial charge on any atom is 0.238 e. The molecule has 2 rings (SSSR count). The number of nitrogen functional groups attached to an aromatic ring is 1. The smallest absolute Gasteiger partial charge is 0.238 e. The fourth-order valence-corrected chi connectivity index (χ4v) is 1.99. The predicted molar refractivity (Wildman–Crippen MR) is 74.7 cm³/mol. The first-order valence-corrected chi connectivity index (χ1v) is 6.46. The van der Waals surface area contributed by atoms with E-state index in [-0.39, 0.29) is 5.91 Å². The summed E-state index contributed by atoms with van der Waals surface area (Å²) in [4.78, 5) is 13.8. The number of hydrogen-bond acceptors (Lipinski definition) is 3. The molecule has 0 radical (unpaired) electrons. The summed E-state index contributed by atoms with van der Waals surface area (Å²) in [6.45, 7) is 1.40. The normalized spacial score (nSPS) is 14.8. The highest BCUT2D eigenvalue weighted by molar-refractivity contribution is 6.33. The fraction of sp³-hybridized carbons (Fsp3) is 0.462. The van der Waals surface area contributed by atoms with Gasteiger partial charge in [0, 0.05) is 12.2 Å². The minimum Gasteiger partial charge on any atom is -0.397 e. The molecule has 3 N–H and O–H groups in total. The molecule has 1 fully saturated rings. The van der Waals surface area contributed by atoms with Gasteiger partial charge in [-0.3, -0.25) is 9.69 Å². The Morgan fingerprint density at radius 1 is 1.56 bits per heavy atom. The Bertz CT molecular complexity index is 446. The van der Waals surface area contributed by atoms with Crippen LogP contribution in [0.1, 0.15) is 12.8 Å². The summed E-state index contributed by atoms with van der Waals surface area (Å²) in [5.74, 6) is 0.758. The third kappa shape index (κ3) is 3.89. The van der Waals surface area contributed by atoms with Gasteiger partial charge in [0.1, 0.15) is 0 Å². The van der Waals surface area contributed by atoms with E-state index in [4.69, 9.17) is 17.3 Å². The molecule has 1 aromatic carbocycles. The Morgan fingerprint density at radius 3 is 2.89 bits per heavy atom. The van der Waals surface area contributed by atoms with E-state index in [9.17, 15) is 4.79 Å². The zero-order valence-electron chi connectivity index (χ0n) is 10.4. The number of amides is 1. The average molecular weight is 268 g/mol. The van der Waals surface area contributed by atoms with Gasteiger partial charge >= 0.3 is 0 Å². The SMILES string of the molecule is CN(CC(=O)Nc1ccc(Cl)c(N)c1)CC1CC1. The van der Waals surface area contributed by atoms with Crippen LogP contribution in [0.15, 0.2) is 18.2 Å². The summed E-state index contributed by atoms with van der Waals surface area (Å²) < 4.78 is 0. The van der Waals surface area contributed by atoms with Gasteiger partial charge in [0.05, 0.1) is 17.3 Å². The van der Waals surface area contributed by atoms with Crippen LogP contribution < -0.4 is 11.1 Å². The first-order valence-electron chi connectivity index (χ1n) is 6.08. The Hall–Kier alpha value is -1.26. The van der Waals surface area contributed by atoms with Crippen molar-refractivity contribution in [3.05, 3.63) is 23.2 Å². The van der Waals surface area contributed by atoms with Gasteiger partial charge in [-0.25, -0.2) is 0 Å². The van der Waals surface area contributed by atoms with Crippen LogP contribution in [-0.4, -0.2) is 30.9 Å². The molecule has 0 saturated heterocycles. The number of halogens is 1. The lowest BCUT2D eigenvalue weighted by molar-refractivity contribution is -0.117. The molecule has 0 atom stereocenters. The average Bonchev–Trinajstić information content (AvgIpc) is 3.07. The Labute approximate surface area is 112 Å². The maximum atomic E-state index is 11.8. The molecule has 1 saturated carbocycles. The summed E-state index contributed by atoms with van der Waals surface area (Å²) in [5, 5.41) is 3.31. The molecular formula is C13H18ClN3O. The van der Waals surface area contributed by atoms with E-state index in [1.807, 2.05) is 11.9 Å². The van der Waals surface area contributed by atoms with E-state index in [0.717, 1.165) is 12.5 Å². The number of nitrogens with two attached hydrogens (primary N) is 1. The number of nitrogens with one attached hydrogen (secondary N) is 1. The zero-order valence-corrected chi connectivity index (χ0v) is 11.2. The van der Waals surface area contributed by atoms with E-state index in [1.54, 1.807) is 18.2 Å². The first kappa shape index (κ1) is 13.2. The second-order valence-corrected chi connectivity index (χ2v) is 5.33. The van der Waals surface area contributed by atoms with Crippen molar-refractivity contribution in [1.82, 2.24) is 4.90 Å². The molecule has 98 valence electrons. The first-order chi connectivity index (χ1) is 8.54. The quantitative estimate of drug-likeness (QED) is 0.804. The Balaban J connectivity index is 1.83. The molecular weight excluding hydrogens is 250 g/mol. The highest BCUT2D eigenvalue weighted by Gasteiger charge is 2.23. The van der Waals surface area contributed by atoms with E-state index >= 15 is 0 Å². The molecule has 4 nitrogen and oxygen atoms in total. The van der Waals surface area contributed by atoms with E-state index in [1.165, 1.54) is 12.8 Å².